The number of aliphatic hydroxyl groups is 1. The Hall–Kier alpha value is -2.74. The van der Waals surface area contributed by atoms with Crippen molar-refractivity contribution in [1.82, 2.24) is 29.4 Å². The van der Waals surface area contributed by atoms with E-state index in [1.807, 2.05) is 40.8 Å². The maximum Gasteiger partial charge on any atom is 0.244 e. The predicted octanol–water partition coefficient (Wildman–Crippen LogP) is 1.06. The number of benzene rings is 1. The molecule has 2 aromatic heterocycles. The number of amides is 1. The van der Waals surface area contributed by atoms with E-state index in [4.69, 9.17) is 0 Å². The molecule has 1 N–H and O–H groups in total. The van der Waals surface area contributed by atoms with Gasteiger partial charge < -0.3 is 14.6 Å². The summed E-state index contributed by atoms with van der Waals surface area (Å²) in [7, 11) is 1.86. The molecule has 1 amide bonds. The van der Waals surface area contributed by atoms with Crippen LogP contribution in [0.15, 0.2) is 30.5 Å². The van der Waals surface area contributed by atoms with Crippen molar-refractivity contribution in [2.75, 3.05) is 13.1 Å². The number of hydrogen-bond donors (Lipinski definition) is 1. The fourth-order valence-electron chi connectivity index (χ4n) is 3.66. The van der Waals surface area contributed by atoms with Crippen LogP contribution in [0.4, 0.5) is 0 Å². The molecule has 1 fully saturated rings. The Morgan fingerprint density at radius 2 is 2.15 bits per heavy atom. The molecule has 4 rings (SSSR count). The van der Waals surface area contributed by atoms with E-state index < -0.39 is 0 Å². The van der Waals surface area contributed by atoms with Crippen molar-refractivity contribution < 1.29 is 9.90 Å². The van der Waals surface area contributed by atoms with Crippen molar-refractivity contribution in [3.63, 3.8) is 0 Å². The van der Waals surface area contributed by atoms with Crippen LogP contribution in [0, 0.1) is 0 Å². The molecule has 1 aliphatic heterocycles. The summed E-state index contributed by atoms with van der Waals surface area (Å²) >= 11 is 0. The molecule has 136 valence electrons. The Morgan fingerprint density at radius 1 is 1.31 bits per heavy atom. The van der Waals surface area contributed by atoms with Gasteiger partial charge in [0, 0.05) is 31.4 Å². The van der Waals surface area contributed by atoms with E-state index in [2.05, 4.69) is 15.3 Å². The lowest BCUT2D eigenvalue weighted by molar-refractivity contribution is -0.133. The topological polar surface area (TPSA) is 89.1 Å². The summed E-state index contributed by atoms with van der Waals surface area (Å²) in [6.07, 6.45) is 3.68. The first-order valence-corrected chi connectivity index (χ1v) is 8.84. The van der Waals surface area contributed by atoms with Gasteiger partial charge in [-0.1, -0.05) is 18.2 Å². The number of hydrogen-bond acceptors (Lipinski definition) is 5. The number of fused-ring (bicyclic) bond motifs is 1. The average molecular weight is 354 g/mol. The molecule has 8 nitrogen and oxygen atoms in total. The maximum atomic E-state index is 12.8. The van der Waals surface area contributed by atoms with Crippen LogP contribution < -0.4 is 0 Å². The van der Waals surface area contributed by atoms with Crippen LogP contribution in [0.1, 0.15) is 30.4 Å². The van der Waals surface area contributed by atoms with Gasteiger partial charge in [-0.3, -0.25) is 9.48 Å². The Morgan fingerprint density at radius 3 is 2.96 bits per heavy atom. The number of aromatic nitrogens is 5. The van der Waals surface area contributed by atoms with Crippen LogP contribution in [0.25, 0.3) is 10.9 Å². The molecule has 0 radical (unpaired) electrons. The lowest BCUT2D eigenvalue weighted by Crippen LogP contribution is -2.41. The van der Waals surface area contributed by atoms with E-state index in [1.165, 1.54) is 0 Å². The second kappa shape index (κ2) is 6.87. The lowest BCUT2D eigenvalue weighted by Gasteiger charge is -2.32. The molecule has 26 heavy (non-hydrogen) atoms. The monoisotopic (exact) mass is 354 g/mol. The Balaban J connectivity index is 1.48. The fraction of sp³-hybridized carbons (Fsp3) is 0.444. The minimum Gasteiger partial charge on any atom is -0.388 e. The van der Waals surface area contributed by atoms with Gasteiger partial charge in [0.1, 0.15) is 19.0 Å². The van der Waals surface area contributed by atoms with E-state index in [-0.39, 0.29) is 25.0 Å². The zero-order valence-electron chi connectivity index (χ0n) is 14.7. The first-order chi connectivity index (χ1) is 12.7. The predicted molar refractivity (Wildman–Crippen MR) is 95.2 cm³/mol. The summed E-state index contributed by atoms with van der Waals surface area (Å²) in [5.41, 5.74) is 0.968. The highest BCUT2D eigenvalue weighted by atomic mass is 16.3. The largest absolute Gasteiger partial charge is 0.388 e. The summed E-state index contributed by atoms with van der Waals surface area (Å²) in [4.78, 5) is 14.7. The normalized spacial score (nSPS) is 17.8. The van der Waals surface area contributed by atoms with Crippen LogP contribution in [-0.2, 0) is 25.0 Å². The molecular weight excluding hydrogens is 332 g/mol. The number of carbonyl (C=O) groups is 1. The molecule has 0 aliphatic carbocycles. The maximum absolute atomic E-state index is 12.8. The Bertz CT molecular complexity index is 931. The summed E-state index contributed by atoms with van der Waals surface area (Å²) in [5.74, 6) is 1.58. The summed E-state index contributed by atoms with van der Waals surface area (Å²) in [5, 5.41) is 22.9. The van der Waals surface area contributed by atoms with Crippen molar-refractivity contribution >= 4 is 16.8 Å². The third-order valence-corrected chi connectivity index (χ3v) is 5.12. The highest BCUT2D eigenvalue weighted by molar-refractivity contribution is 5.82. The number of carbonyl (C=O) groups excluding carboxylic acids is 1. The van der Waals surface area contributed by atoms with E-state index in [9.17, 15) is 9.90 Å². The molecule has 0 spiro atoms. The highest BCUT2D eigenvalue weighted by Crippen LogP contribution is 2.26. The first-order valence-electron chi connectivity index (χ1n) is 8.84. The summed E-state index contributed by atoms with van der Waals surface area (Å²) in [6.45, 7) is 1.47. The van der Waals surface area contributed by atoms with Crippen LogP contribution in [0.5, 0.6) is 0 Å². The molecule has 0 saturated carbocycles. The van der Waals surface area contributed by atoms with Gasteiger partial charge in [-0.05, 0) is 18.9 Å². The second-order valence-corrected chi connectivity index (χ2v) is 6.73. The third kappa shape index (κ3) is 2.96. The molecule has 8 heteroatoms. The number of para-hydroxylation sites is 1. The smallest absolute Gasteiger partial charge is 0.244 e. The van der Waals surface area contributed by atoms with Gasteiger partial charge in [-0.15, -0.1) is 10.2 Å². The number of piperidine rings is 1. The molecule has 3 heterocycles. The molecular formula is C18H22N6O2. The van der Waals surface area contributed by atoms with E-state index >= 15 is 0 Å². The quantitative estimate of drug-likeness (QED) is 0.757. The van der Waals surface area contributed by atoms with Crippen molar-refractivity contribution in [1.29, 1.82) is 0 Å². The third-order valence-electron chi connectivity index (χ3n) is 5.12. The molecule has 1 aromatic carbocycles. The average Bonchev–Trinajstić information content (AvgIpc) is 3.25. The van der Waals surface area contributed by atoms with Gasteiger partial charge in [-0.2, -0.15) is 5.10 Å². The number of likely N-dealkylation sites (tertiary alicyclic amines) is 1. The molecule has 1 saturated heterocycles. The first kappa shape index (κ1) is 16.7. The van der Waals surface area contributed by atoms with Crippen LogP contribution in [0.2, 0.25) is 0 Å². The number of aliphatic hydroxyl groups excluding tert-OH is 1. The van der Waals surface area contributed by atoms with Crippen molar-refractivity contribution in [3.05, 3.63) is 42.1 Å². The minimum atomic E-state index is -0.134. The minimum absolute atomic E-state index is 0.0631. The molecule has 1 unspecified atom stereocenters. The highest BCUT2D eigenvalue weighted by Gasteiger charge is 2.28. The van der Waals surface area contributed by atoms with E-state index in [0.717, 1.165) is 36.1 Å². The Labute approximate surface area is 151 Å². The van der Waals surface area contributed by atoms with E-state index in [1.54, 1.807) is 10.9 Å². The van der Waals surface area contributed by atoms with E-state index in [0.29, 0.717) is 12.4 Å². The van der Waals surface area contributed by atoms with Crippen molar-refractivity contribution in [3.8, 4) is 0 Å². The zero-order valence-corrected chi connectivity index (χ0v) is 14.7. The van der Waals surface area contributed by atoms with Gasteiger partial charge in [-0.25, -0.2) is 0 Å². The van der Waals surface area contributed by atoms with Crippen LogP contribution in [0.3, 0.4) is 0 Å². The van der Waals surface area contributed by atoms with Gasteiger partial charge in [0.05, 0.1) is 11.7 Å². The second-order valence-electron chi connectivity index (χ2n) is 6.73. The Kier molecular flexibility index (Phi) is 4.42. The van der Waals surface area contributed by atoms with Crippen LogP contribution in [-0.4, -0.2) is 53.5 Å². The standard InChI is InChI=1S/C18H22N6O2/c1-22-16(12-25)20-21-18(22)14-6-4-8-23(10-14)17(26)11-24-15-7-3-2-5-13(15)9-19-24/h2-3,5,7,9,14,25H,4,6,8,10-12H2,1H3. The van der Waals surface area contributed by atoms with Crippen molar-refractivity contribution in [2.45, 2.75) is 31.9 Å². The fourth-order valence-corrected chi connectivity index (χ4v) is 3.66. The van der Waals surface area contributed by atoms with Crippen LogP contribution >= 0.6 is 0 Å². The SMILES string of the molecule is Cn1c(CO)nnc1C1CCCN(C(=O)Cn2ncc3ccccc32)C1. The lowest BCUT2D eigenvalue weighted by atomic mass is 9.97. The molecule has 0 bridgehead atoms. The molecule has 1 aliphatic rings. The molecule has 3 aromatic rings. The number of nitrogens with zero attached hydrogens (tertiary/aromatic N) is 6. The summed E-state index contributed by atoms with van der Waals surface area (Å²) < 4.78 is 3.59. The molecule has 1 atom stereocenters. The number of rotatable bonds is 4. The van der Waals surface area contributed by atoms with Crippen molar-refractivity contribution in [2.24, 2.45) is 7.05 Å². The van der Waals surface area contributed by atoms with Gasteiger partial charge in [0.25, 0.3) is 0 Å². The summed E-state index contributed by atoms with van der Waals surface area (Å²) in [6, 6.07) is 7.89. The van der Waals surface area contributed by atoms with Gasteiger partial charge >= 0.3 is 0 Å². The van der Waals surface area contributed by atoms with Gasteiger partial charge in [0.15, 0.2) is 5.82 Å². The van der Waals surface area contributed by atoms with Gasteiger partial charge in [0.2, 0.25) is 5.91 Å². The zero-order chi connectivity index (χ0) is 18.1.